The minimum absolute atomic E-state index is 0.132. The van der Waals surface area contributed by atoms with Gasteiger partial charge in [0.05, 0.1) is 30.4 Å². The molecule has 0 atom stereocenters. The molecule has 0 aliphatic rings. The molecule has 2 rings (SSSR count). The topological polar surface area (TPSA) is 75.6 Å². The Hall–Kier alpha value is -2.80. The van der Waals surface area contributed by atoms with E-state index in [1.807, 2.05) is 36.4 Å². The largest absolute Gasteiger partial charge is 0.453 e. The number of alkyl carbamates (subject to hydrolysis) is 1. The van der Waals surface area contributed by atoms with Crippen molar-refractivity contribution in [2.75, 3.05) is 12.4 Å². The summed E-state index contributed by atoms with van der Waals surface area (Å²) in [5.74, 6) is 0. The molecule has 1 aromatic heterocycles. The summed E-state index contributed by atoms with van der Waals surface area (Å²) in [7, 11) is 1.27. The van der Waals surface area contributed by atoms with Crippen molar-refractivity contribution < 1.29 is 9.53 Å². The van der Waals surface area contributed by atoms with E-state index in [0.717, 1.165) is 5.69 Å². The molecule has 1 heterocycles. The van der Waals surface area contributed by atoms with Crippen molar-refractivity contribution in [1.29, 1.82) is 0 Å². The molecule has 22 heavy (non-hydrogen) atoms. The summed E-state index contributed by atoms with van der Waals surface area (Å²) >= 11 is 5.03. The SMILES string of the molecule is COC(=O)NC(=S)Nc1ccccc1N=Cc1ccccn1. The number of carbonyl (C=O) groups excluding carboxylic acids is 1. The molecule has 0 unspecified atom stereocenters. The van der Waals surface area contributed by atoms with Gasteiger partial charge in [-0.2, -0.15) is 0 Å². The lowest BCUT2D eigenvalue weighted by atomic mass is 10.2. The van der Waals surface area contributed by atoms with Crippen molar-refractivity contribution in [3.05, 3.63) is 54.4 Å². The average Bonchev–Trinajstić information content (AvgIpc) is 2.54. The van der Waals surface area contributed by atoms with E-state index in [4.69, 9.17) is 12.2 Å². The van der Waals surface area contributed by atoms with Crippen molar-refractivity contribution in [3.63, 3.8) is 0 Å². The predicted molar refractivity (Wildman–Crippen MR) is 89.7 cm³/mol. The van der Waals surface area contributed by atoms with Crippen molar-refractivity contribution in [2.24, 2.45) is 4.99 Å². The van der Waals surface area contributed by atoms with Crippen molar-refractivity contribution in [2.45, 2.75) is 0 Å². The molecular weight excluding hydrogens is 300 g/mol. The first-order valence-corrected chi connectivity index (χ1v) is 6.80. The maximum absolute atomic E-state index is 11.1. The molecule has 0 radical (unpaired) electrons. The number of methoxy groups -OCH3 is 1. The number of hydrogen-bond donors (Lipinski definition) is 2. The van der Waals surface area contributed by atoms with Gasteiger partial charge in [-0.05, 0) is 36.5 Å². The van der Waals surface area contributed by atoms with Gasteiger partial charge >= 0.3 is 6.09 Å². The number of nitrogens with zero attached hydrogens (tertiary/aromatic N) is 2. The molecule has 6 nitrogen and oxygen atoms in total. The van der Waals surface area contributed by atoms with Gasteiger partial charge < -0.3 is 10.1 Å². The fourth-order valence-corrected chi connectivity index (χ4v) is 1.77. The third kappa shape index (κ3) is 4.64. The van der Waals surface area contributed by atoms with Crippen LogP contribution in [0.25, 0.3) is 0 Å². The number of pyridine rings is 1. The summed E-state index contributed by atoms with van der Waals surface area (Å²) in [5, 5.41) is 5.40. The van der Waals surface area contributed by atoms with Gasteiger partial charge in [0, 0.05) is 6.20 Å². The van der Waals surface area contributed by atoms with Crippen LogP contribution in [0.15, 0.2) is 53.7 Å². The van der Waals surface area contributed by atoms with Gasteiger partial charge in [-0.15, -0.1) is 0 Å². The fourth-order valence-electron chi connectivity index (χ4n) is 1.58. The number of aliphatic imine (C=N–C) groups is 1. The molecule has 0 saturated heterocycles. The van der Waals surface area contributed by atoms with Crippen LogP contribution in [0.2, 0.25) is 0 Å². The highest BCUT2D eigenvalue weighted by molar-refractivity contribution is 7.80. The lowest BCUT2D eigenvalue weighted by Gasteiger charge is -2.10. The molecule has 1 aromatic carbocycles. The molecule has 112 valence electrons. The predicted octanol–water partition coefficient (Wildman–Crippen LogP) is 2.89. The number of amides is 1. The number of rotatable bonds is 3. The first kappa shape index (κ1) is 15.6. The van der Waals surface area contributed by atoms with Crippen LogP contribution in [0.1, 0.15) is 5.69 Å². The van der Waals surface area contributed by atoms with E-state index in [-0.39, 0.29) is 5.11 Å². The zero-order chi connectivity index (χ0) is 15.8. The summed E-state index contributed by atoms with van der Waals surface area (Å²) in [5.41, 5.74) is 2.07. The molecule has 0 spiro atoms. The Morgan fingerprint density at radius 1 is 1.27 bits per heavy atom. The van der Waals surface area contributed by atoms with E-state index in [2.05, 4.69) is 25.3 Å². The number of ether oxygens (including phenoxy) is 1. The number of benzene rings is 1. The van der Waals surface area contributed by atoms with Gasteiger partial charge in [0.15, 0.2) is 5.11 Å². The number of thiocarbonyl (C=S) groups is 1. The molecule has 0 saturated carbocycles. The standard InChI is InChI=1S/C15H14N4O2S/c1-21-15(20)19-14(22)18-13-8-3-2-7-12(13)17-10-11-6-4-5-9-16-11/h2-10H,1H3,(H2,18,19,20,22). The Labute approximate surface area is 133 Å². The highest BCUT2D eigenvalue weighted by Crippen LogP contribution is 2.23. The second-order valence-corrected chi connectivity index (χ2v) is 4.51. The summed E-state index contributed by atoms with van der Waals surface area (Å²) < 4.78 is 4.48. The highest BCUT2D eigenvalue weighted by Gasteiger charge is 2.06. The summed E-state index contributed by atoms with van der Waals surface area (Å²) in [4.78, 5) is 19.7. The van der Waals surface area contributed by atoms with Gasteiger partial charge in [-0.3, -0.25) is 15.3 Å². The van der Waals surface area contributed by atoms with Gasteiger partial charge in [-0.1, -0.05) is 18.2 Å². The summed E-state index contributed by atoms with van der Waals surface area (Å²) in [6.45, 7) is 0. The molecular formula is C15H14N4O2S. The van der Waals surface area contributed by atoms with Crippen LogP contribution in [-0.2, 0) is 4.74 Å². The van der Waals surface area contributed by atoms with E-state index < -0.39 is 6.09 Å². The summed E-state index contributed by atoms with van der Waals surface area (Å²) in [6.07, 6.45) is 2.71. The van der Waals surface area contributed by atoms with Crippen molar-refractivity contribution >= 4 is 41.0 Å². The minimum Gasteiger partial charge on any atom is -0.453 e. The van der Waals surface area contributed by atoms with E-state index in [0.29, 0.717) is 11.4 Å². The van der Waals surface area contributed by atoms with Crippen LogP contribution >= 0.6 is 12.2 Å². The number of aromatic nitrogens is 1. The minimum atomic E-state index is -0.632. The average molecular weight is 314 g/mol. The third-order valence-corrected chi connectivity index (χ3v) is 2.78. The normalized spacial score (nSPS) is 10.2. The smallest absolute Gasteiger partial charge is 0.413 e. The van der Waals surface area contributed by atoms with E-state index in [1.165, 1.54) is 7.11 Å². The molecule has 2 N–H and O–H groups in total. The molecule has 0 bridgehead atoms. The Balaban J connectivity index is 2.11. The van der Waals surface area contributed by atoms with Gasteiger partial charge in [-0.25, -0.2) is 4.79 Å². The van der Waals surface area contributed by atoms with E-state index in [9.17, 15) is 4.79 Å². The maximum Gasteiger partial charge on any atom is 0.413 e. The Bertz CT molecular complexity index is 689. The number of nitrogens with one attached hydrogen (secondary N) is 2. The molecule has 7 heteroatoms. The maximum atomic E-state index is 11.1. The highest BCUT2D eigenvalue weighted by atomic mass is 32.1. The van der Waals surface area contributed by atoms with Crippen molar-refractivity contribution in [3.8, 4) is 0 Å². The van der Waals surface area contributed by atoms with Gasteiger partial charge in [0.25, 0.3) is 0 Å². The molecule has 0 fully saturated rings. The van der Waals surface area contributed by atoms with E-state index >= 15 is 0 Å². The molecule has 0 aliphatic carbocycles. The zero-order valence-corrected chi connectivity index (χ0v) is 12.6. The van der Waals surface area contributed by atoms with Gasteiger partial charge in [0.2, 0.25) is 0 Å². The third-order valence-electron chi connectivity index (χ3n) is 2.58. The second kappa shape index (κ2) is 7.84. The number of para-hydroxylation sites is 2. The lowest BCUT2D eigenvalue weighted by molar-refractivity contribution is 0.177. The Kier molecular flexibility index (Phi) is 5.56. The first-order valence-electron chi connectivity index (χ1n) is 6.39. The fraction of sp³-hybridized carbons (Fsp3) is 0.0667. The van der Waals surface area contributed by atoms with Crippen LogP contribution < -0.4 is 10.6 Å². The van der Waals surface area contributed by atoms with Crippen LogP contribution in [0.5, 0.6) is 0 Å². The molecule has 1 amide bonds. The summed E-state index contributed by atoms with van der Waals surface area (Å²) in [6, 6.07) is 12.9. The van der Waals surface area contributed by atoms with Crippen LogP contribution in [0.4, 0.5) is 16.2 Å². The zero-order valence-electron chi connectivity index (χ0n) is 11.8. The number of hydrogen-bond acceptors (Lipinski definition) is 5. The van der Waals surface area contributed by atoms with Crippen LogP contribution in [-0.4, -0.2) is 29.5 Å². The second-order valence-electron chi connectivity index (χ2n) is 4.10. The quantitative estimate of drug-likeness (QED) is 0.673. The lowest BCUT2D eigenvalue weighted by Crippen LogP contribution is -2.33. The molecule has 2 aromatic rings. The van der Waals surface area contributed by atoms with Crippen molar-refractivity contribution in [1.82, 2.24) is 10.3 Å². The van der Waals surface area contributed by atoms with Crippen LogP contribution in [0.3, 0.4) is 0 Å². The van der Waals surface area contributed by atoms with E-state index in [1.54, 1.807) is 18.5 Å². The monoisotopic (exact) mass is 314 g/mol. The number of carbonyl (C=O) groups is 1. The van der Waals surface area contributed by atoms with Crippen LogP contribution in [0, 0.1) is 0 Å². The number of anilines is 1. The van der Waals surface area contributed by atoms with Gasteiger partial charge in [0.1, 0.15) is 0 Å². The Morgan fingerprint density at radius 3 is 2.77 bits per heavy atom. The molecule has 0 aliphatic heterocycles. The first-order chi connectivity index (χ1) is 10.7. The Morgan fingerprint density at radius 2 is 2.05 bits per heavy atom.